The van der Waals surface area contributed by atoms with Crippen LogP contribution in [-0.2, 0) is 0 Å². The maximum absolute atomic E-state index is 12.4. The van der Waals surface area contributed by atoms with Crippen LogP contribution in [0.5, 0.6) is 0 Å². The number of hydrogen-bond donors (Lipinski definition) is 3. The molecule has 1 amide bonds. The summed E-state index contributed by atoms with van der Waals surface area (Å²) in [6, 6.07) is 14.1. The van der Waals surface area contributed by atoms with E-state index < -0.39 is 15.9 Å². The Labute approximate surface area is 177 Å². The van der Waals surface area contributed by atoms with Crippen molar-refractivity contribution in [3.05, 3.63) is 64.7 Å². The summed E-state index contributed by atoms with van der Waals surface area (Å²) in [6.45, 7) is 1.98. The van der Waals surface area contributed by atoms with Gasteiger partial charge in [-0.25, -0.2) is 0 Å². The molecule has 0 saturated heterocycles. The molecule has 0 heterocycles. The van der Waals surface area contributed by atoms with E-state index in [0.717, 1.165) is 11.3 Å². The zero-order valence-electron chi connectivity index (χ0n) is 13.5. The third-order valence-electron chi connectivity index (χ3n) is 3.31. The zero-order chi connectivity index (χ0) is 19.3. The number of anilines is 1. The molecule has 0 aliphatic heterocycles. The minimum Gasteiger partial charge on any atom is -0.339 e. The van der Waals surface area contributed by atoms with Gasteiger partial charge in [-0.2, -0.15) is 0 Å². The molecule has 138 valence electrons. The van der Waals surface area contributed by atoms with E-state index in [1.165, 1.54) is 0 Å². The lowest BCUT2D eigenvalue weighted by atomic mass is 10.2. The van der Waals surface area contributed by atoms with E-state index in [2.05, 4.69) is 16.0 Å². The van der Waals surface area contributed by atoms with Crippen molar-refractivity contribution >= 4 is 75.3 Å². The highest BCUT2D eigenvalue weighted by molar-refractivity contribution is 7.80. The van der Waals surface area contributed by atoms with Crippen molar-refractivity contribution in [3.63, 3.8) is 0 Å². The van der Waals surface area contributed by atoms with Crippen molar-refractivity contribution in [1.29, 1.82) is 0 Å². The monoisotopic (exact) mass is 449 g/mol. The fourth-order valence-electron chi connectivity index (χ4n) is 1.99. The molecule has 3 N–H and O–H groups in total. The van der Waals surface area contributed by atoms with E-state index in [-0.39, 0.29) is 15.7 Å². The smallest absolute Gasteiger partial charge is 0.254 e. The van der Waals surface area contributed by atoms with Crippen molar-refractivity contribution in [1.82, 2.24) is 10.6 Å². The van der Waals surface area contributed by atoms with Crippen LogP contribution in [0.25, 0.3) is 0 Å². The summed E-state index contributed by atoms with van der Waals surface area (Å²) < 4.78 is -1.85. The fourth-order valence-corrected chi connectivity index (χ4v) is 2.77. The minimum atomic E-state index is -1.85. The van der Waals surface area contributed by atoms with Crippen LogP contribution in [0.1, 0.15) is 15.9 Å². The Bertz CT molecular complexity index is 793. The summed E-state index contributed by atoms with van der Waals surface area (Å²) in [5, 5.41) is 8.81. The number of alkyl halides is 3. The second-order valence-corrected chi connectivity index (χ2v) is 8.58. The molecule has 0 aliphatic rings. The molecule has 2 aromatic rings. The van der Waals surface area contributed by atoms with E-state index in [1.54, 1.807) is 24.3 Å². The van der Waals surface area contributed by atoms with Crippen LogP contribution < -0.4 is 16.0 Å². The van der Waals surface area contributed by atoms with Crippen LogP contribution in [-0.4, -0.2) is 21.0 Å². The predicted octanol–water partition coefficient (Wildman–Crippen LogP) is 5.06. The number of thiocarbonyl (C=S) groups is 1. The summed E-state index contributed by atoms with van der Waals surface area (Å²) >= 11 is 29.2. The van der Waals surface area contributed by atoms with Crippen molar-refractivity contribution in [3.8, 4) is 0 Å². The Morgan fingerprint density at radius 1 is 1.04 bits per heavy atom. The molecule has 2 aromatic carbocycles. The van der Waals surface area contributed by atoms with Gasteiger partial charge in [0.05, 0.1) is 10.6 Å². The van der Waals surface area contributed by atoms with Gasteiger partial charge in [-0.3, -0.25) is 4.79 Å². The Kier molecular flexibility index (Phi) is 7.38. The number of rotatable bonds is 4. The molecule has 0 aromatic heterocycles. The molecule has 9 heteroatoms. The molecule has 0 radical (unpaired) electrons. The van der Waals surface area contributed by atoms with Gasteiger partial charge < -0.3 is 16.0 Å². The SMILES string of the molecule is Cc1ccc(NC(=S)NC(NC(=O)c2ccccc2Cl)C(Cl)(Cl)Cl)cc1. The molecule has 0 spiro atoms. The van der Waals surface area contributed by atoms with E-state index in [9.17, 15) is 4.79 Å². The van der Waals surface area contributed by atoms with Crippen LogP contribution in [0, 0.1) is 6.92 Å². The molecular formula is C17H15Cl4N3OS. The zero-order valence-corrected chi connectivity index (χ0v) is 17.4. The Balaban J connectivity index is 2.07. The third-order valence-corrected chi connectivity index (χ3v) is 4.51. The summed E-state index contributed by atoms with van der Waals surface area (Å²) in [7, 11) is 0. The van der Waals surface area contributed by atoms with E-state index in [4.69, 9.17) is 58.6 Å². The van der Waals surface area contributed by atoms with Gasteiger partial charge in [-0.05, 0) is 43.4 Å². The van der Waals surface area contributed by atoms with Gasteiger partial charge in [0, 0.05) is 5.69 Å². The first-order chi connectivity index (χ1) is 12.2. The molecule has 0 bridgehead atoms. The van der Waals surface area contributed by atoms with Crippen LogP contribution in [0.15, 0.2) is 48.5 Å². The second kappa shape index (κ2) is 9.11. The molecular weight excluding hydrogens is 436 g/mol. The predicted molar refractivity (Wildman–Crippen MR) is 114 cm³/mol. The number of hydrogen-bond acceptors (Lipinski definition) is 2. The van der Waals surface area contributed by atoms with Crippen LogP contribution in [0.4, 0.5) is 5.69 Å². The maximum Gasteiger partial charge on any atom is 0.254 e. The Hall–Kier alpha value is -1.24. The number of halogens is 4. The lowest BCUT2D eigenvalue weighted by Crippen LogP contribution is -2.56. The van der Waals surface area contributed by atoms with Crippen molar-refractivity contribution in [2.24, 2.45) is 0 Å². The van der Waals surface area contributed by atoms with Crippen molar-refractivity contribution in [2.45, 2.75) is 16.9 Å². The molecule has 1 atom stereocenters. The van der Waals surface area contributed by atoms with Gasteiger partial charge in [-0.15, -0.1) is 0 Å². The number of carbonyl (C=O) groups excluding carboxylic acids is 1. The number of aryl methyl sites for hydroxylation is 1. The largest absolute Gasteiger partial charge is 0.339 e. The topological polar surface area (TPSA) is 53.2 Å². The van der Waals surface area contributed by atoms with E-state index >= 15 is 0 Å². The summed E-state index contributed by atoms with van der Waals surface area (Å²) in [5.74, 6) is -0.502. The summed E-state index contributed by atoms with van der Waals surface area (Å²) in [6.07, 6.45) is -1.08. The van der Waals surface area contributed by atoms with Gasteiger partial charge in [0.15, 0.2) is 5.11 Å². The quantitative estimate of drug-likeness (QED) is 0.346. The lowest BCUT2D eigenvalue weighted by Gasteiger charge is -2.28. The van der Waals surface area contributed by atoms with Gasteiger partial charge in [0.1, 0.15) is 6.17 Å². The summed E-state index contributed by atoms with van der Waals surface area (Å²) in [5.41, 5.74) is 2.13. The van der Waals surface area contributed by atoms with E-state index in [0.29, 0.717) is 0 Å². The summed E-state index contributed by atoms with van der Waals surface area (Å²) in [4.78, 5) is 12.4. The van der Waals surface area contributed by atoms with Gasteiger partial charge in [0.25, 0.3) is 5.91 Å². The van der Waals surface area contributed by atoms with Gasteiger partial charge >= 0.3 is 0 Å². The molecule has 0 aliphatic carbocycles. The van der Waals surface area contributed by atoms with Crippen LogP contribution in [0.2, 0.25) is 5.02 Å². The first-order valence-electron chi connectivity index (χ1n) is 7.43. The Morgan fingerprint density at radius 2 is 1.65 bits per heavy atom. The molecule has 2 rings (SSSR count). The first-order valence-corrected chi connectivity index (χ1v) is 9.35. The number of carbonyl (C=O) groups is 1. The molecule has 4 nitrogen and oxygen atoms in total. The standard InChI is InChI=1S/C17H15Cl4N3OS/c1-10-6-8-11(9-7-10)22-16(26)24-15(17(19,20)21)23-14(25)12-4-2-3-5-13(12)18/h2-9,15H,1H3,(H,23,25)(H2,22,24,26). The Morgan fingerprint density at radius 3 is 2.23 bits per heavy atom. The fraction of sp³-hybridized carbons (Fsp3) is 0.176. The molecule has 0 saturated carbocycles. The normalized spacial score (nSPS) is 12.2. The highest BCUT2D eigenvalue weighted by atomic mass is 35.6. The maximum atomic E-state index is 12.4. The number of amides is 1. The van der Waals surface area contributed by atoms with Crippen molar-refractivity contribution in [2.75, 3.05) is 5.32 Å². The third kappa shape index (κ3) is 6.18. The van der Waals surface area contributed by atoms with Gasteiger partial charge in [-0.1, -0.05) is 76.2 Å². The minimum absolute atomic E-state index is 0.185. The number of benzene rings is 2. The first kappa shape index (κ1) is 21.1. The van der Waals surface area contributed by atoms with Crippen LogP contribution >= 0.6 is 58.6 Å². The highest BCUT2D eigenvalue weighted by Crippen LogP contribution is 2.29. The average molecular weight is 451 g/mol. The number of nitrogens with one attached hydrogen (secondary N) is 3. The highest BCUT2D eigenvalue weighted by Gasteiger charge is 2.35. The van der Waals surface area contributed by atoms with Crippen molar-refractivity contribution < 1.29 is 4.79 Å². The molecule has 1 unspecified atom stereocenters. The lowest BCUT2D eigenvalue weighted by molar-refractivity contribution is 0.0934. The second-order valence-electron chi connectivity index (χ2n) is 5.39. The molecule has 26 heavy (non-hydrogen) atoms. The van der Waals surface area contributed by atoms with Crippen LogP contribution in [0.3, 0.4) is 0 Å². The van der Waals surface area contributed by atoms with E-state index in [1.807, 2.05) is 31.2 Å². The average Bonchev–Trinajstić information content (AvgIpc) is 2.56. The molecule has 0 fully saturated rings. The van der Waals surface area contributed by atoms with Gasteiger partial charge in [0.2, 0.25) is 3.79 Å².